The first kappa shape index (κ1) is 12.0. The fraction of sp³-hybridized carbons (Fsp3) is 0.429. The highest BCUT2D eigenvalue weighted by Crippen LogP contribution is 2.17. The van der Waals surface area contributed by atoms with Gasteiger partial charge in [0.2, 0.25) is 0 Å². The zero-order valence-electron chi connectivity index (χ0n) is 10.4. The first-order valence-electron chi connectivity index (χ1n) is 6.11. The van der Waals surface area contributed by atoms with Crippen LogP contribution in [0.25, 0.3) is 10.8 Å². The summed E-state index contributed by atoms with van der Waals surface area (Å²) in [6, 6.07) is 8.35. The maximum atomic E-state index is 6.13. The minimum absolute atomic E-state index is 0.162. The highest BCUT2D eigenvalue weighted by molar-refractivity contribution is 5.83. The van der Waals surface area contributed by atoms with E-state index in [1.165, 1.54) is 5.39 Å². The molecule has 0 amide bonds. The Labute approximate surface area is 102 Å². The lowest BCUT2D eigenvalue weighted by atomic mass is 9.98. The average Bonchev–Trinajstić information content (AvgIpc) is 2.28. The molecule has 1 heterocycles. The standard InChI is InChI=1S/C14H19N3/c1-10(2)7-12(15)8-14-13-6-4-3-5-11(13)9-16-17-14/h3-6,9-10,12H,7-8,15H2,1-2H3. The number of nitrogens with two attached hydrogens (primary N) is 1. The van der Waals surface area contributed by atoms with Crippen LogP contribution in [-0.2, 0) is 6.42 Å². The third kappa shape index (κ3) is 3.01. The molecule has 0 spiro atoms. The second kappa shape index (κ2) is 5.23. The van der Waals surface area contributed by atoms with Crippen molar-refractivity contribution in [3.63, 3.8) is 0 Å². The molecule has 2 aromatic rings. The number of benzene rings is 1. The number of rotatable bonds is 4. The van der Waals surface area contributed by atoms with Crippen molar-refractivity contribution in [2.45, 2.75) is 32.7 Å². The van der Waals surface area contributed by atoms with Crippen molar-refractivity contribution in [1.82, 2.24) is 10.2 Å². The molecule has 0 bridgehead atoms. The first-order chi connectivity index (χ1) is 8.16. The molecule has 90 valence electrons. The maximum Gasteiger partial charge on any atom is 0.0724 e. The minimum Gasteiger partial charge on any atom is -0.327 e. The average molecular weight is 229 g/mol. The van der Waals surface area contributed by atoms with E-state index in [1.807, 2.05) is 12.1 Å². The Morgan fingerprint density at radius 3 is 2.76 bits per heavy atom. The molecule has 1 aromatic heterocycles. The molecule has 17 heavy (non-hydrogen) atoms. The van der Waals surface area contributed by atoms with Crippen molar-refractivity contribution in [3.8, 4) is 0 Å². The predicted molar refractivity (Wildman–Crippen MR) is 70.7 cm³/mol. The topological polar surface area (TPSA) is 51.8 Å². The van der Waals surface area contributed by atoms with Gasteiger partial charge in [-0.05, 0) is 12.3 Å². The summed E-state index contributed by atoms with van der Waals surface area (Å²) in [6.45, 7) is 4.38. The molecule has 0 saturated heterocycles. The van der Waals surface area contributed by atoms with Gasteiger partial charge in [0.15, 0.2) is 0 Å². The molecule has 2 rings (SSSR count). The summed E-state index contributed by atoms with van der Waals surface area (Å²) in [5, 5.41) is 10.6. The Balaban J connectivity index is 2.24. The zero-order chi connectivity index (χ0) is 12.3. The Bertz CT molecular complexity index is 488. The number of hydrogen-bond acceptors (Lipinski definition) is 3. The lowest BCUT2D eigenvalue weighted by Crippen LogP contribution is -2.25. The Morgan fingerprint density at radius 2 is 2.00 bits per heavy atom. The SMILES string of the molecule is CC(C)CC(N)Cc1nncc2ccccc12. The van der Waals surface area contributed by atoms with Crippen molar-refractivity contribution in [1.29, 1.82) is 0 Å². The van der Waals surface area contributed by atoms with Crippen molar-refractivity contribution >= 4 is 10.8 Å². The van der Waals surface area contributed by atoms with Gasteiger partial charge in [-0.2, -0.15) is 10.2 Å². The monoisotopic (exact) mass is 229 g/mol. The van der Waals surface area contributed by atoms with Gasteiger partial charge >= 0.3 is 0 Å². The molecule has 0 radical (unpaired) electrons. The van der Waals surface area contributed by atoms with Gasteiger partial charge < -0.3 is 5.73 Å². The van der Waals surface area contributed by atoms with Gasteiger partial charge in [-0.15, -0.1) is 0 Å². The van der Waals surface area contributed by atoms with Gasteiger partial charge in [0, 0.05) is 23.2 Å². The van der Waals surface area contributed by atoms with E-state index >= 15 is 0 Å². The molecule has 1 aromatic carbocycles. The van der Waals surface area contributed by atoms with Crippen LogP contribution in [0.1, 0.15) is 26.0 Å². The molecule has 0 aliphatic rings. The summed E-state index contributed by atoms with van der Waals surface area (Å²) in [4.78, 5) is 0. The van der Waals surface area contributed by atoms with E-state index in [0.717, 1.165) is 23.9 Å². The fourth-order valence-electron chi connectivity index (χ4n) is 2.17. The van der Waals surface area contributed by atoms with Gasteiger partial charge in [-0.3, -0.25) is 0 Å². The predicted octanol–water partition coefficient (Wildman–Crippen LogP) is 2.55. The molecule has 1 unspecified atom stereocenters. The van der Waals surface area contributed by atoms with Crippen LogP contribution in [0.15, 0.2) is 30.5 Å². The second-order valence-electron chi connectivity index (χ2n) is 4.97. The Morgan fingerprint density at radius 1 is 1.24 bits per heavy atom. The summed E-state index contributed by atoms with van der Waals surface area (Å²) < 4.78 is 0. The van der Waals surface area contributed by atoms with Crippen molar-refractivity contribution in [2.24, 2.45) is 11.7 Å². The van der Waals surface area contributed by atoms with Crippen LogP contribution < -0.4 is 5.73 Å². The fourth-order valence-corrected chi connectivity index (χ4v) is 2.17. The molecule has 3 nitrogen and oxygen atoms in total. The lowest BCUT2D eigenvalue weighted by Gasteiger charge is -2.14. The molecular weight excluding hydrogens is 210 g/mol. The molecule has 0 aliphatic carbocycles. The second-order valence-corrected chi connectivity index (χ2v) is 4.97. The number of fused-ring (bicyclic) bond motifs is 1. The summed E-state index contributed by atoms with van der Waals surface area (Å²) in [5.74, 6) is 0.618. The first-order valence-corrected chi connectivity index (χ1v) is 6.11. The molecular formula is C14H19N3. The van der Waals surface area contributed by atoms with Gasteiger partial charge in [-0.1, -0.05) is 38.1 Å². The smallest absolute Gasteiger partial charge is 0.0724 e. The van der Waals surface area contributed by atoms with E-state index in [4.69, 9.17) is 5.73 Å². The van der Waals surface area contributed by atoms with Gasteiger partial charge in [0.05, 0.1) is 11.9 Å². The zero-order valence-corrected chi connectivity index (χ0v) is 10.4. The maximum absolute atomic E-state index is 6.13. The van der Waals surface area contributed by atoms with E-state index in [2.05, 4.69) is 36.2 Å². The third-order valence-corrected chi connectivity index (χ3v) is 2.88. The summed E-state index contributed by atoms with van der Waals surface area (Å²) in [7, 11) is 0. The molecule has 1 atom stereocenters. The van der Waals surface area contributed by atoms with E-state index in [-0.39, 0.29) is 6.04 Å². The Hall–Kier alpha value is -1.48. The van der Waals surface area contributed by atoms with Crippen LogP contribution in [0.5, 0.6) is 0 Å². The van der Waals surface area contributed by atoms with E-state index in [0.29, 0.717) is 5.92 Å². The third-order valence-electron chi connectivity index (χ3n) is 2.88. The van der Waals surface area contributed by atoms with Crippen LogP contribution in [0.2, 0.25) is 0 Å². The Kier molecular flexibility index (Phi) is 3.69. The van der Waals surface area contributed by atoms with Gasteiger partial charge in [-0.25, -0.2) is 0 Å². The van der Waals surface area contributed by atoms with Crippen LogP contribution in [0.4, 0.5) is 0 Å². The molecule has 0 saturated carbocycles. The van der Waals surface area contributed by atoms with E-state index < -0.39 is 0 Å². The highest BCUT2D eigenvalue weighted by Gasteiger charge is 2.10. The number of nitrogens with zero attached hydrogens (tertiary/aromatic N) is 2. The van der Waals surface area contributed by atoms with Gasteiger partial charge in [0.25, 0.3) is 0 Å². The number of hydrogen-bond donors (Lipinski definition) is 1. The molecule has 3 heteroatoms. The molecule has 0 aliphatic heterocycles. The molecule has 2 N–H and O–H groups in total. The highest BCUT2D eigenvalue weighted by atomic mass is 15.1. The van der Waals surface area contributed by atoms with Crippen LogP contribution in [0, 0.1) is 5.92 Å². The summed E-state index contributed by atoms with van der Waals surface area (Å²) in [5.41, 5.74) is 7.14. The molecule has 0 fully saturated rings. The minimum atomic E-state index is 0.162. The van der Waals surface area contributed by atoms with E-state index in [1.54, 1.807) is 6.20 Å². The summed E-state index contributed by atoms with van der Waals surface area (Å²) >= 11 is 0. The van der Waals surface area contributed by atoms with Crippen LogP contribution >= 0.6 is 0 Å². The van der Waals surface area contributed by atoms with Crippen molar-refractivity contribution in [3.05, 3.63) is 36.2 Å². The van der Waals surface area contributed by atoms with E-state index in [9.17, 15) is 0 Å². The van der Waals surface area contributed by atoms with Crippen LogP contribution in [0.3, 0.4) is 0 Å². The lowest BCUT2D eigenvalue weighted by molar-refractivity contribution is 0.490. The van der Waals surface area contributed by atoms with Gasteiger partial charge in [0.1, 0.15) is 0 Å². The summed E-state index contributed by atoms with van der Waals surface area (Å²) in [6.07, 6.45) is 3.62. The van der Waals surface area contributed by atoms with Crippen LogP contribution in [-0.4, -0.2) is 16.2 Å². The quantitative estimate of drug-likeness (QED) is 0.876. The van der Waals surface area contributed by atoms with Crippen molar-refractivity contribution in [2.75, 3.05) is 0 Å². The largest absolute Gasteiger partial charge is 0.327 e. The van der Waals surface area contributed by atoms with Crippen molar-refractivity contribution < 1.29 is 0 Å². The normalized spacial score (nSPS) is 13.2. The number of aromatic nitrogens is 2.